The van der Waals surface area contributed by atoms with E-state index in [4.69, 9.17) is 10.5 Å². The molecule has 0 amide bonds. The van der Waals surface area contributed by atoms with Gasteiger partial charge in [0.25, 0.3) is 0 Å². The van der Waals surface area contributed by atoms with Gasteiger partial charge in [-0.3, -0.25) is 4.79 Å². The van der Waals surface area contributed by atoms with Crippen LogP contribution in [0, 0.1) is 0 Å². The molecule has 0 saturated heterocycles. The Morgan fingerprint density at radius 1 is 1.38 bits per heavy atom. The highest BCUT2D eigenvalue weighted by Gasteiger charge is 2.15. The van der Waals surface area contributed by atoms with Crippen LogP contribution < -0.4 is 5.73 Å². The lowest BCUT2D eigenvalue weighted by atomic mass is 10.1. The average molecular weight is 221 g/mol. The van der Waals surface area contributed by atoms with Gasteiger partial charge in [0.15, 0.2) is 0 Å². The third-order valence-corrected chi connectivity index (χ3v) is 2.43. The zero-order chi connectivity index (χ0) is 12.0. The molecule has 0 unspecified atom stereocenters. The fourth-order valence-electron chi connectivity index (χ4n) is 1.44. The van der Waals surface area contributed by atoms with E-state index in [9.17, 15) is 4.79 Å². The second kappa shape index (κ2) is 6.28. The molecule has 0 bridgehead atoms. The van der Waals surface area contributed by atoms with E-state index in [1.54, 1.807) is 0 Å². The maximum Gasteiger partial charge on any atom is 0.323 e. The van der Waals surface area contributed by atoms with Gasteiger partial charge >= 0.3 is 5.97 Å². The molecule has 2 N–H and O–H groups in total. The normalized spacial score (nSPS) is 14.2. The molecule has 0 saturated carbocycles. The maximum absolute atomic E-state index is 11.4. The van der Waals surface area contributed by atoms with Crippen molar-refractivity contribution < 1.29 is 9.53 Å². The van der Waals surface area contributed by atoms with Gasteiger partial charge in [-0.2, -0.15) is 0 Å². The molecule has 0 heterocycles. The topological polar surface area (TPSA) is 52.3 Å². The highest BCUT2D eigenvalue weighted by Crippen LogP contribution is 2.06. The second-order valence-electron chi connectivity index (χ2n) is 3.95. The van der Waals surface area contributed by atoms with Crippen molar-refractivity contribution in [3.8, 4) is 0 Å². The molecule has 0 aliphatic heterocycles. The lowest BCUT2D eigenvalue weighted by Crippen LogP contribution is -2.34. The number of nitrogens with two attached hydrogens (primary N) is 1. The number of esters is 1. The molecule has 2 atom stereocenters. The van der Waals surface area contributed by atoms with Crippen LogP contribution >= 0.6 is 0 Å². The van der Waals surface area contributed by atoms with Crippen LogP contribution in [0.3, 0.4) is 0 Å². The Morgan fingerprint density at radius 3 is 2.56 bits per heavy atom. The summed E-state index contributed by atoms with van der Waals surface area (Å²) in [6.07, 6.45) is 1.20. The average Bonchev–Trinajstić information content (AvgIpc) is 2.29. The predicted molar refractivity (Wildman–Crippen MR) is 64.0 cm³/mol. The second-order valence-corrected chi connectivity index (χ2v) is 3.95. The van der Waals surface area contributed by atoms with Crippen LogP contribution in [-0.4, -0.2) is 18.1 Å². The zero-order valence-electron chi connectivity index (χ0n) is 9.85. The Bertz CT molecular complexity index is 324. The largest absolute Gasteiger partial charge is 0.461 e. The molecular formula is C13H19NO2. The van der Waals surface area contributed by atoms with Crippen LogP contribution in [0.1, 0.15) is 25.8 Å². The van der Waals surface area contributed by atoms with Crippen molar-refractivity contribution in [1.29, 1.82) is 0 Å². The van der Waals surface area contributed by atoms with Gasteiger partial charge in [-0.05, 0) is 18.9 Å². The fraction of sp³-hybridized carbons (Fsp3) is 0.462. The Kier molecular flexibility index (Phi) is 4.99. The van der Waals surface area contributed by atoms with E-state index in [0.29, 0.717) is 6.42 Å². The molecule has 1 aromatic carbocycles. The Labute approximate surface area is 96.6 Å². The van der Waals surface area contributed by atoms with E-state index in [-0.39, 0.29) is 12.1 Å². The summed E-state index contributed by atoms with van der Waals surface area (Å²) in [7, 11) is 0. The third-order valence-electron chi connectivity index (χ3n) is 2.43. The standard InChI is InChI=1S/C13H19NO2/c1-3-12(14)13(15)16-10(2)9-11-7-5-4-6-8-11/h4-8,10,12H,3,9,14H2,1-2H3/t10-,12-/m0/s1. The summed E-state index contributed by atoms with van der Waals surface area (Å²) in [6, 6.07) is 9.45. The van der Waals surface area contributed by atoms with Gasteiger partial charge in [-0.15, -0.1) is 0 Å². The molecule has 88 valence electrons. The molecule has 0 aromatic heterocycles. The lowest BCUT2D eigenvalue weighted by molar-refractivity contribution is -0.149. The first-order valence-corrected chi connectivity index (χ1v) is 5.63. The van der Waals surface area contributed by atoms with Gasteiger partial charge in [0.1, 0.15) is 12.1 Å². The highest BCUT2D eigenvalue weighted by molar-refractivity contribution is 5.75. The van der Waals surface area contributed by atoms with Crippen LogP contribution in [0.15, 0.2) is 30.3 Å². The smallest absolute Gasteiger partial charge is 0.323 e. The Balaban J connectivity index is 2.42. The number of carbonyl (C=O) groups is 1. The van der Waals surface area contributed by atoms with Crippen LogP contribution in [0.2, 0.25) is 0 Å². The van der Waals surface area contributed by atoms with Crippen molar-refractivity contribution in [1.82, 2.24) is 0 Å². The van der Waals surface area contributed by atoms with Crippen molar-refractivity contribution in [3.05, 3.63) is 35.9 Å². The SMILES string of the molecule is CC[C@H](N)C(=O)O[C@@H](C)Cc1ccccc1. The van der Waals surface area contributed by atoms with Gasteiger partial charge in [-0.1, -0.05) is 37.3 Å². The van der Waals surface area contributed by atoms with E-state index >= 15 is 0 Å². The summed E-state index contributed by atoms with van der Waals surface area (Å²) in [4.78, 5) is 11.4. The Hall–Kier alpha value is -1.35. The molecule has 0 aliphatic rings. The highest BCUT2D eigenvalue weighted by atomic mass is 16.5. The fourth-order valence-corrected chi connectivity index (χ4v) is 1.44. The van der Waals surface area contributed by atoms with Crippen molar-refractivity contribution in [2.45, 2.75) is 38.8 Å². The first-order chi connectivity index (χ1) is 7.63. The predicted octanol–water partition coefficient (Wildman–Crippen LogP) is 1.90. The molecule has 16 heavy (non-hydrogen) atoms. The van der Waals surface area contributed by atoms with Crippen LogP contribution in [0.5, 0.6) is 0 Å². The summed E-state index contributed by atoms with van der Waals surface area (Å²) < 4.78 is 5.24. The van der Waals surface area contributed by atoms with Crippen molar-refractivity contribution >= 4 is 5.97 Å². The molecule has 0 aliphatic carbocycles. The lowest BCUT2D eigenvalue weighted by Gasteiger charge is -2.15. The quantitative estimate of drug-likeness (QED) is 0.773. The third kappa shape index (κ3) is 4.03. The summed E-state index contributed by atoms with van der Waals surface area (Å²) in [6.45, 7) is 3.75. The maximum atomic E-state index is 11.4. The van der Waals surface area contributed by atoms with Gasteiger partial charge < -0.3 is 10.5 Å². The van der Waals surface area contributed by atoms with Crippen LogP contribution in [-0.2, 0) is 16.0 Å². The van der Waals surface area contributed by atoms with Crippen molar-refractivity contribution in [2.75, 3.05) is 0 Å². The van der Waals surface area contributed by atoms with E-state index in [1.165, 1.54) is 0 Å². The number of ether oxygens (including phenoxy) is 1. The van der Waals surface area contributed by atoms with Crippen LogP contribution in [0.4, 0.5) is 0 Å². The van der Waals surface area contributed by atoms with Crippen molar-refractivity contribution in [3.63, 3.8) is 0 Å². The molecule has 0 radical (unpaired) electrons. The molecule has 0 spiro atoms. The minimum absolute atomic E-state index is 0.132. The van der Waals surface area contributed by atoms with Gasteiger partial charge in [0.05, 0.1) is 0 Å². The number of carbonyl (C=O) groups excluding carboxylic acids is 1. The number of rotatable bonds is 5. The van der Waals surface area contributed by atoms with Crippen LogP contribution in [0.25, 0.3) is 0 Å². The van der Waals surface area contributed by atoms with E-state index < -0.39 is 6.04 Å². The van der Waals surface area contributed by atoms with Crippen molar-refractivity contribution in [2.24, 2.45) is 5.73 Å². The van der Waals surface area contributed by atoms with Gasteiger partial charge in [0.2, 0.25) is 0 Å². The minimum Gasteiger partial charge on any atom is -0.461 e. The van der Waals surface area contributed by atoms with E-state index in [2.05, 4.69) is 0 Å². The van der Waals surface area contributed by atoms with Gasteiger partial charge in [-0.25, -0.2) is 0 Å². The molecule has 1 rings (SSSR count). The van der Waals surface area contributed by atoms with E-state index in [1.807, 2.05) is 44.2 Å². The molecular weight excluding hydrogens is 202 g/mol. The van der Waals surface area contributed by atoms with Gasteiger partial charge in [0, 0.05) is 6.42 Å². The molecule has 3 heteroatoms. The molecule has 3 nitrogen and oxygen atoms in total. The zero-order valence-corrected chi connectivity index (χ0v) is 9.85. The minimum atomic E-state index is -0.502. The molecule has 1 aromatic rings. The molecule has 0 fully saturated rings. The summed E-state index contributed by atoms with van der Waals surface area (Å²) in [5.74, 6) is -0.314. The van der Waals surface area contributed by atoms with E-state index in [0.717, 1.165) is 12.0 Å². The first-order valence-electron chi connectivity index (χ1n) is 5.63. The summed E-state index contributed by atoms with van der Waals surface area (Å²) in [5.41, 5.74) is 6.74. The Morgan fingerprint density at radius 2 is 2.00 bits per heavy atom. The monoisotopic (exact) mass is 221 g/mol. The first kappa shape index (κ1) is 12.7. The number of benzene rings is 1. The number of hydrogen-bond acceptors (Lipinski definition) is 3. The number of hydrogen-bond donors (Lipinski definition) is 1. The summed E-state index contributed by atoms with van der Waals surface area (Å²) >= 11 is 0. The summed E-state index contributed by atoms with van der Waals surface area (Å²) in [5, 5.41) is 0.